The molecule has 1 atom stereocenters. The van der Waals surface area contributed by atoms with Gasteiger partial charge in [-0.05, 0) is 36.2 Å². The van der Waals surface area contributed by atoms with E-state index in [2.05, 4.69) is 15.0 Å². The summed E-state index contributed by atoms with van der Waals surface area (Å²) in [6.45, 7) is 4.61. The van der Waals surface area contributed by atoms with Crippen LogP contribution in [-0.2, 0) is 17.8 Å². The molecule has 8 heteroatoms. The van der Waals surface area contributed by atoms with E-state index in [1.807, 2.05) is 41.3 Å². The highest BCUT2D eigenvalue weighted by Crippen LogP contribution is 2.28. The summed E-state index contributed by atoms with van der Waals surface area (Å²) in [5.41, 5.74) is 2.60. The molecule has 0 radical (unpaired) electrons. The van der Waals surface area contributed by atoms with E-state index in [0.29, 0.717) is 32.8 Å². The van der Waals surface area contributed by atoms with Gasteiger partial charge < -0.3 is 9.64 Å². The third kappa shape index (κ3) is 4.80. The Kier molecular flexibility index (Phi) is 6.17. The molecule has 1 aromatic carbocycles. The molecule has 0 bridgehead atoms. The second-order valence-corrected chi connectivity index (χ2v) is 8.51. The summed E-state index contributed by atoms with van der Waals surface area (Å²) in [6.07, 6.45) is 4.19. The zero-order valence-electron chi connectivity index (χ0n) is 18.5. The van der Waals surface area contributed by atoms with Gasteiger partial charge in [-0.1, -0.05) is 18.2 Å². The third-order valence-corrected chi connectivity index (χ3v) is 6.36. The zero-order chi connectivity index (χ0) is 22.6. The Bertz CT molecular complexity index is 1170. The topological polar surface area (TPSA) is 80.6 Å². The predicted octanol–water partition coefficient (Wildman–Crippen LogP) is 1.70. The van der Waals surface area contributed by atoms with Crippen LogP contribution in [-0.4, -0.2) is 69.8 Å². The fraction of sp³-hybridized carbons (Fsp3) is 0.360. The summed E-state index contributed by atoms with van der Waals surface area (Å²) in [5, 5.41) is 4.51. The van der Waals surface area contributed by atoms with Crippen LogP contribution in [0.25, 0.3) is 11.3 Å². The van der Waals surface area contributed by atoms with Crippen LogP contribution in [0.15, 0.2) is 65.7 Å². The molecule has 3 aromatic rings. The lowest BCUT2D eigenvalue weighted by molar-refractivity contribution is -0.138. The first-order valence-corrected chi connectivity index (χ1v) is 11.4. The molecule has 1 saturated heterocycles. The van der Waals surface area contributed by atoms with Gasteiger partial charge in [-0.3, -0.25) is 19.5 Å². The normalized spacial score (nSPS) is 18.4. The molecule has 0 saturated carbocycles. The molecule has 2 aromatic heterocycles. The molecule has 2 aliphatic rings. The van der Waals surface area contributed by atoms with Crippen LogP contribution in [0.3, 0.4) is 0 Å². The second kappa shape index (κ2) is 9.54. The lowest BCUT2D eigenvalue weighted by atomic mass is 9.95. The third-order valence-electron chi connectivity index (χ3n) is 6.36. The number of carbonyl (C=O) groups excluding carboxylic acids is 1. The van der Waals surface area contributed by atoms with E-state index in [0.717, 1.165) is 42.1 Å². The number of hydrogen-bond acceptors (Lipinski definition) is 6. The fourth-order valence-corrected chi connectivity index (χ4v) is 4.45. The average molecular weight is 446 g/mol. The van der Waals surface area contributed by atoms with E-state index in [9.17, 15) is 9.59 Å². The van der Waals surface area contributed by atoms with Crippen LogP contribution in [0.5, 0.6) is 5.75 Å². The first-order chi connectivity index (χ1) is 16.2. The number of para-hydroxylation sites is 1. The van der Waals surface area contributed by atoms with Gasteiger partial charge in [0.2, 0.25) is 5.91 Å². The van der Waals surface area contributed by atoms with Crippen molar-refractivity contribution in [3.8, 4) is 17.0 Å². The monoisotopic (exact) mass is 445 g/mol. The molecule has 0 spiro atoms. The lowest BCUT2D eigenvalue weighted by Crippen LogP contribution is -2.52. The molecule has 170 valence electrons. The van der Waals surface area contributed by atoms with Gasteiger partial charge in [-0.25, -0.2) is 4.68 Å². The highest BCUT2D eigenvalue weighted by molar-refractivity contribution is 5.80. The Morgan fingerprint density at radius 1 is 1.00 bits per heavy atom. The van der Waals surface area contributed by atoms with Gasteiger partial charge in [0.25, 0.3) is 5.56 Å². The summed E-state index contributed by atoms with van der Waals surface area (Å²) in [6, 6.07) is 15.0. The maximum absolute atomic E-state index is 13.0. The standard InChI is InChI=1S/C25H27N5O3/c31-24-8-7-22(20-5-3-9-26-17-20)27-30(24)15-12-28-10-13-29(14-11-28)25(32)21-16-19-4-1-2-6-23(19)33-18-21/h1-9,17,21H,10-16,18H2. The first-order valence-electron chi connectivity index (χ1n) is 11.4. The van der Waals surface area contributed by atoms with Gasteiger partial charge in [0.05, 0.1) is 18.2 Å². The highest BCUT2D eigenvalue weighted by Gasteiger charge is 2.31. The number of fused-ring (bicyclic) bond motifs is 1. The molecular weight excluding hydrogens is 418 g/mol. The molecular formula is C25H27N5O3. The Balaban J connectivity index is 1.14. The molecule has 1 amide bonds. The van der Waals surface area contributed by atoms with Gasteiger partial charge in [-0.2, -0.15) is 5.10 Å². The zero-order valence-corrected chi connectivity index (χ0v) is 18.5. The largest absolute Gasteiger partial charge is 0.492 e. The number of ether oxygens (including phenoxy) is 1. The van der Waals surface area contributed by atoms with Crippen LogP contribution < -0.4 is 10.3 Å². The van der Waals surface area contributed by atoms with Crippen LogP contribution >= 0.6 is 0 Å². The lowest BCUT2D eigenvalue weighted by Gasteiger charge is -2.37. The van der Waals surface area contributed by atoms with Gasteiger partial charge in [0.15, 0.2) is 0 Å². The van der Waals surface area contributed by atoms with Crippen molar-refractivity contribution < 1.29 is 9.53 Å². The van der Waals surface area contributed by atoms with Crippen molar-refractivity contribution in [2.75, 3.05) is 39.3 Å². The summed E-state index contributed by atoms with van der Waals surface area (Å²) in [4.78, 5) is 33.7. The number of amides is 1. The van der Waals surface area contributed by atoms with E-state index < -0.39 is 0 Å². The van der Waals surface area contributed by atoms with Gasteiger partial charge >= 0.3 is 0 Å². The summed E-state index contributed by atoms with van der Waals surface area (Å²) in [7, 11) is 0. The van der Waals surface area contributed by atoms with Gasteiger partial charge in [0.1, 0.15) is 12.4 Å². The summed E-state index contributed by atoms with van der Waals surface area (Å²) < 4.78 is 7.32. The van der Waals surface area contributed by atoms with Crippen LogP contribution in [0.1, 0.15) is 5.56 Å². The van der Waals surface area contributed by atoms with Crippen molar-refractivity contribution in [3.05, 3.63) is 76.8 Å². The number of carbonyl (C=O) groups is 1. The molecule has 1 unspecified atom stereocenters. The van der Waals surface area contributed by atoms with Crippen molar-refractivity contribution in [3.63, 3.8) is 0 Å². The maximum atomic E-state index is 13.0. The van der Waals surface area contributed by atoms with Crippen molar-refractivity contribution in [1.29, 1.82) is 0 Å². The predicted molar refractivity (Wildman–Crippen MR) is 124 cm³/mol. The molecule has 2 aliphatic heterocycles. The van der Waals surface area contributed by atoms with E-state index in [4.69, 9.17) is 4.74 Å². The number of hydrogen-bond donors (Lipinski definition) is 0. The number of rotatable bonds is 5. The van der Waals surface area contributed by atoms with E-state index >= 15 is 0 Å². The van der Waals surface area contributed by atoms with Crippen molar-refractivity contribution >= 4 is 5.91 Å². The minimum Gasteiger partial charge on any atom is -0.492 e. The number of aromatic nitrogens is 3. The molecule has 0 aliphatic carbocycles. The Labute approximate surface area is 192 Å². The molecule has 1 fully saturated rings. The van der Waals surface area contributed by atoms with E-state index in [-0.39, 0.29) is 17.4 Å². The summed E-state index contributed by atoms with van der Waals surface area (Å²) >= 11 is 0. The average Bonchev–Trinajstić information content (AvgIpc) is 2.88. The number of benzene rings is 1. The molecule has 5 rings (SSSR count). The van der Waals surface area contributed by atoms with Gasteiger partial charge in [0, 0.05) is 56.7 Å². The molecule has 4 heterocycles. The smallest absolute Gasteiger partial charge is 0.266 e. The molecule has 0 N–H and O–H groups in total. The second-order valence-electron chi connectivity index (χ2n) is 8.51. The minimum atomic E-state index is -0.121. The Morgan fingerprint density at radius 3 is 2.67 bits per heavy atom. The van der Waals surface area contributed by atoms with Crippen LogP contribution in [0, 0.1) is 5.92 Å². The molecule has 33 heavy (non-hydrogen) atoms. The molecule has 8 nitrogen and oxygen atoms in total. The summed E-state index contributed by atoms with van der Waals surface area (Å²) in [5.74, 6) is 0.943. The SMILES string of the molecule is O=C(C1COc2ccccc2C1)N1CCN(CCn2nc(-c3cccnc3)ccc2=O)CC1. The van der Waals surface area contributed by atoms with Crippen LogP contribution in [0.2, 0.25) is 0 Å². The van der Waals surface area contributed by atoms with Crippen molar-refractivity contribution in [2.45, 2.75) is 13.0 Å². The number of piperazine rings is 1. The van der Waals surface area contributed by atoms with Crippen molar-refractivity contribution in [1.82, 2.24) is 24.6 Å². The van der Waals surface area contributed by atoms with E-state index in [1.165, 1.54) is 4.68 Å². The quantitative estimate of drug-likeness (QED) is 0.595. The van der Waals surface area contributed by atoms with Crippen molar-refractivity contribution in [2.24, 2.45) is 5.92 Å². The number of nitrogens with zero attached hydrogens (tertiary/aromatic N) is 5. The fourth-order valence-electron chi connectivity index (χ4n) is 4.45. The Morgan fingerprint density at radius 2 is 1.85 bits per heavy atom. The Hall–Kier alpha value is -3.52. The van der Waals surface area contributed by atoms with Crippen LogP contribution in [0.4, 0.5) is 0 Å². The first kappa shape index (κ1) is 21.3. The van der Waals surface area contributed by atoms with E-state index in [1.54, 1.807) is 24.5 Å². The maximum Gasteiger partial charge on any atom is 0.266 e. The highest BCUT2D eigenvalue weighted by atomic mass is 16.5. The number of pyridine rings is 1. The van der Waals surface area contributed by atoms with Gasteiger partial charge in [-0.15, -0.1) is 0 Å². The minimum absolute atomic E-state index is 0.117.